The van der Waals surface area contributed by atoms with E-state index in [1.165, 1.54) is 6.92 Å². The standard InChI is InChI=1S/C12H16F2N2O5/c1-6-4-16(12(20)15(3-2-13)10(6)19)11-8(14)9(18)7(5-17)21-11/h4,7-9,11,17-18H,2-3,5H2,1H3/t7-,8+,9+,11-/m0/s1. The van der Waals surface area contributed by atoms with E-state index < -0.39 is 55.7 Å². The monoisotopic (exact) mass is 306 g/mol. The highest BCUT2D eigenvalue weighted by Gasteiger charge is 2.45. The zero-order valence-electron chi connectivity index (χ0n) is 11.3. The molecule has 2 N–H and O–H groups in total. The van der Waals surface area contributed by atoms with Crippen LogP contribution in [0.4, 0.5) is 8.78 Å². The van der Waals surface area contributed by atoms with Crippen molar-refractivity contribution in [3.8, 4) is 0 Å². The van der Waals surface area contributed by atoms with Crippen molar-refractivity contribution in [1.29, 1.82) is 0 Å². The summed E-state index contributed by atoms with van der Waals surface area (Å²) in [5.74, 6) is 0. The van der Waals surface area contributed by atoms with Crippen LogP contribution in [-0.2, 0) is 11.3 Å². The molecule has 0 aromatic carbocycles. The Hall–Kier alpha value is -1.58. The Balaban J connectivity index is 2.50. The molecule has 1 aromatic rings. The van der Waals surface area contributed by atoms with Gasteiger partial charge in [-0.15, -0.1) is 0 Å². The number of aliphatic hydroxyl groups excluding tert-OH is 2. The smallest absolute Gasteiger partial charge is 0.333 e. The fourth-order valence-electron chi connectivity index (χ4n) is 2.30. The highest BCUT2D eigenvalue weighted by Crippen LogP contribution is 2.30. The number of hydrogen-bond acceptors (Lipinski definition) is 5. The minimum Gasteiger partial charge on any atom is -0.394 e. The third kappa shape index (κ3) is 2.63. The summed E-state index contributed by atoms with van der Waals surface area (Å²) >= 11 is 0. The maximum Gasteiger partial charge on any atom is 0.333 e. The minimum absolute atomic E-state index is 0.112. The number of alkyl halides is 2. The third-order valence-corrected chi connectivity index (χ3v) is 3.42. The summed E-state index contributed by atoms with van der Waals surface area (Å²) in [6.07, 6.45) is -5.08. The second kappa shape index (κ2) is 6.04. The normalized spacial score (nSPS) is 29.0. The number of ether oxygens (including phenoxy) is 1. The molecule has 1 aliphatic heterocycles. The van der Waals surface area contributed by atoms with Crippen molar-refractivity contribution >= 4 is 0 Å². The Kier molecular flexibility index (Phi) is 4.55. The van der Waals surface area contributed by atoms with Crippen LogP contribution >= 0.6 is 0 Å². The maximum atomic E-state index is 14.0. The predicted molar refractivity (Wildman–Crippen MR) is 67.6 cm³/mol. The second-order valence-corrected chi connectivity index (χ2v) is 4.83. The number of nitrogens with zero attached hydrogens (tertiary/aromatic N) is 2. The molecule has 2 heterocycles. The lowest BCUT2D eigenvalue weighted by atomic mass is 10.1. The van der Waals surface area contributed by atoms with E-state index in [0.717, 1.165) is 10.8 Å². The maximum absolute atomic E-state index is 14.0. The van der Waals surface area contributed by atoms with Crippen LogP contribution in [0.25, 0.3) is 0 Å². The second-order valence-electron chi connectivity index (χ2n) is 4.83. The van der Waals surface area contributed by atoms with Gasteiger partial charge in [0.15, 0.2) is 12.4 Å². The van der Waals surface area contributed by atoms with Crippen LogP contribution in [0.5, 0.6) is 0 Å². The van der Waals surface area contributed by atoms with Gasteiger partial charge in [0, 0.05) is 11.8 Å². The fraction of sp³-hybridized carbons (Fsp3) is 0.667. The lowest BCUT2D eigenvalue weighted by molar-refractivity contribution is -0.0497. The SMILES string of the molecule is Cc1cn([C@H]2O[C@@H](CO)[C@@H](O)[C@H]2F)c(=O)n(CCF)c1=O. The molecule has 7 nitrogen and oxygen atoms in total. The molecule has 118 valence electrons. The van der Waals surface area contributed by atoms with Crippen LogP contribution in [0.15, 0.2) is 15.8 Å². The molecule has 0 spiro atoms. The Bertz CT molecular complexity index is 629. The first kappa shape index (κ1) is 15.8. The van der Waals surface area contributed by atoms with E-state index in [9.17, 15) is 23.5 Å². The van der Waals surface area contributed by atoms with Gasteiger partial charge in [0.2, 0.25) is 0 Å². The number of rotatable bonds is 4. The quantitative estimate of drug-likeness (QED) is 0.735. The molecule has 2 rings (SSSR count). The number of hydrogen-bond donors (Lipinski definition) is 2. The van der Waals surface area contributed by atoms with Gasteiger partial charge < -0.3 is 14.9 Å². The number of halogens is 2. The fourth-order valence-corrected chi connectivity index (χ4v) is 2.30. The van der Waals surface area contributed by atoms with Crippen molar-refractivity contribution in [1.82, 2.24) is 9.13 Å². The van der Waals surface area contributed by atoms with Gasteiger partial charge in [0.05, 0.1) is 13.2 Å². The lowest BCUT2D eigenvalue weighted by Gasteiger charge is -2.18. The van der Waals surface area contributed by atoms with E-state index in [1.807, 2.05) is 0 Å². The van der Waals surface area contributed by atoms with Gasteiger partial charge in [0.25, 0.3) is 5.56 Å². The van der Waals surface area contributed by atoms with E-state index >= 15 is 0 Å². The number of aromatic nitrogens is 2. The van der Waals surface area contributed by atoms with Crippen LogP contribution in [0.1, 0.15) is 11.8 Å². The van der Waals surface area contributed by atoms with Gasteiger partial charge in [-0.3, -0.25) is 13.9 Å². The van der Waals surface area contributed by atoms with E-state index in [4.69, 9.17) is 9.84 Å². The largest absolute Gasteiger partial charge is 0.394 e. The molecule has 9 heteroatoms. The molecule has 4 atom stereocenters. The first-order valence-electron chi connectivity index (χ1n) is 6.39. The average molecular weight is 306 g/mol. The molecule has 0 amide bonds. The molecule has 1 fully saturated rings. The molecule has 0 bridgehead atoms. The van der Waals surface area contributed by atoms with Crippen LogP contribution in [0, 0.1) is 6.92 Å². The number of aliphatic hydroxyl groups is 2. The summed E-state index contributed by atoms with van der Waals surface area (Å²) in [7, 11) is 0. The molecular weight excluding hydrogens is 290 g/mol. The Morgan fingerprint density at radius 1 is 1.43 bits per heavy atom. The minimum atomic E-state index is -1.95. The van der Waals surface area contributed by atoms with E-state index in [-0.39, 0.29) is 5.56 Å². The van der Waals surface area contributed by atoms with Crippen LogP contribution < -0.4 is 11.2 Å². The molecule has 0 radical (unpaired) electrons. The van der Waals surface area contributed by atoms with Crippen molar-refractivity contribution in [2.75, 3.05) is 13.3 Å². The molecule has 0 saturated carbocycles. The van der Waals surface area contributed by atoms with Crippen molar-refractivity contribution in [2.24, 2.45) is 0 Å². The highest BCUT2D eigenvalue weighted by molar-refractivity contribution is 5.05. The molecule has 21 heavy (non-hydrogen) atoms. The van der Waals surface area contributed by atoms with Gasteiger partial charge in [-0.1, -0.05) is 0 Å². The first-order chi connectivity index (χ1) is 9.92. The lowest BCUT2D eigenvalue weighted by Crippen LogP contribution is -2.44. The predicted octanol–water partition coefficient (Wildman–Crippen LogP) is -1.12. The van der Waals surface area contributed by atoms with E-state index in [0.29, 0.717) is 4.57 Å². The van der Waals surface area contributed by atoms with E-state index in [1.54, 1.807) is 0 Å². The van der Waals surface area contributed by atoms with Gasteiger partial charge >= 0.3 is 5.69 Å². The average Bonchev–Trinajstić information content (AvgIpc) is 2.75. The molecule has 1 saturated heterocycles. The van der Waals surface area contributed by atoms with Crippen LogP contribution in [0.2, 0.25) is 0 Å². The zero-order chi connectivity index (χ0) is 15.7. The summed E-state index contributed by atoms with van der Waals surface area (Å²) in [5, 5.41) is 18.6. The summed E-state index contributed by atoms with van der Waals surface area (Å²) < 4.78 is 33.0. The molecule has 0 unspecified atom stereocenters. The summed E-state index contributed by atoms with van der Waals surface area (Å²) in [5.41, 5.74) is -1.48. The van der Waals surface area contributed by atoms with Crippen molar-refractivity contribution in [3.05, 3.63) is 32.6 Å². The zero-order valence-corrected chi connectivity index (χ0v) is 11.3. The molecular formula is C12H16F2N2O5. The Labute approximate surface area is 118 Å². The van der Waals surface area contributed by atoms with Crippen molar-refractivity contribution in [3.63, 3.8) is 0 Å². The van der Waals surface area contributed by atoms with Crippen LogP contribution in [-0.4, -0.2) is 51.0 Å². The van der Waals surface area contributed by atoms with E-state index in [2.05, 4.69) is 0 Å². The summed E-state index contributed by atoms with van der Waals surface area (Å²) in [6.45, 7) is -0.592. The molecule has 0 aliphatic carbocycles. The molecule has 1 aromatic heterocycles. The van der Waals surface area contributed by atoms with Gasteiger partial charge in [-0.25, -0.2) is 13.6 Å². The van der Waals surface area contributed by atoms with Crippen LogP contribution in [0.3, 0.4) is 0 Å². The first-order valence-corrected chi connectivity index (χ1v) is 6.39. The van der Waals surface area contributed by atoms with Crippen molar-refractivity contribution in [2.45, 2.75) is 38.1 Å². The molecule has 1 aliphatic rings. The Morgan fingerprint density at radius 2 is 2.10 bits per heavy atom. The van der Waals surface area contributed by atoms with Gasteiger partial charge in [-0.05, 0) is 6.92 Å². The highest BCUT2D eigenvalue weighted by atomic mass is 19.1. The summed E-state index contributed by atoms with van der Waals surface area (Å²) in [6, 6.07) is 0. The third-order valence-electron chi connectivity index (χ3n) is 3.42. The van der Waals surface area contributed by atoms with Crippen molar-refractivity contribution < 1.29 is 23.7 Å². The van der Waals surface area contributed by atoms with Gasteiger partial charge in [-0.2, -0.15) is 0 Å². The Morgan fingerprint density at radius 3 is 2.62 bits per heavy atom. The topological polar surface area (TPSA) is 93.7 Å². The summed E-state index contributed by atoms with van der Waals surface area (Å²) in [4.78, 5) is 23.9. The van der Waals surface area contributed by atoms with Gasteiger partial charge in [0.1, 0.15) is 18.9 Å². The number of aryl methyl sites for hydroxylation is 1.